The van der Waals surface area contributed by atoms with Crippen molar-refractivity contribution < 1.29 is 19.0 Å². The van der Waals surface area contributed by atoms with Gasteiger partial charge in [0.05, 0.1) is 12.2 Å². The minimum atomic E-state index is -0.641. The predicted octanol–water partition coefficient (Wildman–Crippen LogP) is 4.98. The number of esters is 1. The molecular weight excluding hydrogens is 493 g/mol. The summed E-state index contributed by atoms with van der Waals surface area (Å²) >= 11 is 12.3. The summed E-state index contributed by atoms with van der Waals surface area (Å²) < 4.78 is 18.7. The van der Waals surface area contributed by atoms with Gasteiger partial charge in [0.15, 0.2) is 11.5 Å². The van der Waals surface area contributed by atoms with Crippen molar-refractivity contribution in [1.82, 2.24) is 20.2 Å². The summed E-state index contributed by atoms with van der Waals surface area (Å²) in [5, 5.41) is 15.9. The summed E-state index contributed by atoms with van der Waals surface area (Å²) in [4.78, 5) is 12.9. The second kappa shape index (κ2) is 10.8. The van der Waals surface area contributed by atoms with Crippen LogP contribution in [0.25, 0.3) is 0 Å². The van der Waals surface area contributed by atoms with Crippen molar-refractivity contribution >= 4 is 35.1 Å². The Morgan fingerprint density at radius 2 is 2.03 bits per heavy atom. The fourth-order valence-corrected chi connectivity index (χ4v) is 4.14. The molecule has 0 saturated heterocycles. The van der Waals surface area contributed by atoms with E-state index in [0.29, 0.717) is 50.9 Å². The highest BCUT2D eigenvalue weighted by Gasteiger charge is 2.35. The lowest BCUT2D eigenvalue weighted by atomic mass is 9.95. The summed E-state index contributed by atoms with van der Waals surface area (Å²) in [6.07, 6.45) is 1.51. The third-order valence-electron chi connectivity index (χ3n) is 5.25. The van der Waals surface area contributed by atoms with Crippen molar-refractivity contribution in [3.05, 3.63) is 81.5 Å². The Balaban J connectivity index is 1.69. The summed E-state index contributed by atoms with van der Waals surface area (Å²) in [5.41, 5.74) is 2.45. The normalized spacial score (nSPS) is 14.7. The number of hydrogen-bond acceptors (Lipinski definition) is 8. The van der Waals surface area contributed by atoms with Crippen molar-refractivity contribution in [1.29, 1.82) is 0 Å². The van der Waals surface area contributed by atoms with Crippen LogP contribution >= 0.6 is 23.2 Å². The minimum absolute atomic E-state index is 0.0784. The SMILES string of the molecule is C=CCOC(=O)C1=C(C)Nc2nnnn2C1c1ccc(OCc2ccc(Cl)cc2Cl)c(OCC)c1. The number of allylic oxidation sites excluding steroid dienone is 1. The van der Waals surface area contributed by atoms with Gasteiger partial charge in [0.2, 0.25) is 5.95 Å². The number of nitrogens with zero attached hydrogens (tertiary/aromatic N) is 4. The number of benzene rings is 2. The highest BCUT2D eigenvalue weighted by Crippen LogP contribution is 2.39. The van der Waals surface area contributed by atoms with Gasteiger partial charge in [-0.15, -0.1) is 0 Å². The second-order valence-electron chi connectivity index (χ2n) is 7.56. The number of carbonyl (C=O) groups excluding carboxylic acids is 1. The molecule has 1 aliphatic heterocycles. The topological polar surface area (TPSA) is 100 Å². The Hall–Kier alpha value is -3.56. The van der Waals surface area contributed by atoms with E-state index in [1.165, 1.54) is 10.8 Å². The third-order valence-corrected chi connectivity index (χ3v) is 5.83. The molecule has 1 N–H and O–H groups in total. The van der Waals surface area contributed by atoms with E-state index in [1.807, 2.05) is 19.1 Å². The monoisotopic (exact) mass is 515 g/mol. The summed E-state index contributed by atoms with van der Waals surface area (Å²) in [7, 11) is 0. The molecular formula is C24H23Cl2N5O4. The molecule has 0 fully saturated rings. The molecule has 0 aliphatic carbocycles. The van der Waals surface area contributed by atoms with Crippen molar-refractivity contribution in [2.75, 3.05) is 18.5 Å². The van der Waals surface area contributed by atoms with Gasteiger partial charge >= 0.3 is 5.97 Å². The molecule has 3 aromatic rings. The van der Waals surface area contributed by atoms with Gasteiger partial charge in [-0.25, -0.2) is 4.79 Å². The Kier molecular flexibility index (Phi) is 7.57. The van der Waals surface area contributed by atoms with Crippen LogP contribution in [-0.2, 0) is 16.1 Å². The van der Waals surface area contributed by atoms with Crippen molar-refractivity contribution in [3.8, 4) is 11.5 Å². The van der Waals surface area contributed by atoms with Gasteiger partial charge in [0.25, 0.3) is 0 Å². The zero-order valence-corrected chi connectivity index (χ0v) is 20.6. The first-order chi connectivity index (χ1) is 16.9. The maximum atomic E-state index is 12.9. The van der Waals surface area contributed by atoms with E-state index >= 15 is 0 Å². The molecule has 2 heterocycles. The fraction of sp³-hybridized carbons (Fsp3) is 0.250. The highest BCUT2D eigenvalue weighted by molar-refractivity contribution is 6.35. The number of ether oxygens (including phenoxy) is 3. The van der Waals surface area contributed by atoms with E-state index in [1.54, 1.807) is 31.2 Å². The van der Waals surface area contributed by atoms with Crippen molar-refractivity contribution in [2.45, 2.75) is 26.5 Å². The first-order valence-corrected chi connectivity index (χ1v) is 11.6. The van der Waals surface area contributed by atoms with Gasteiger partial charge in [-0.2, -0.15) is 4.68 Å². The van der Waals surface area contributed by atoms with E-state index in [-0.39, 0.29) is 13.2 Å². The number of carbonyl (C=O) groups is 1. The number of nitrogens with one attached hydrogen (secondary N) is 1. The molecule has 4 rings (SSSR count). The molecule has 1 unspecified atom stereocenters. The number of tetrazole rings is 1. The Bertz CT molecular complexity index is 1290. The van der Waals surface area contributed by atoms with Crippen LogP contribution in [0.1, 0.15) is 31.0 Å². The van der Waals surface area contributed by atoms with E-state index in [9.17, 15) is 4.79 Å². The van der Waals surface area contributed by atoms with Crippen LogP contribution in [0.2, 0.25) is 10.0 Å². The Morgan fingerprint density at radius 1 is 1.20 bits per heavy atom. The number of rotatable bonds is 9. The number of hydrogen-bond donors (Lipinski definition) is 1. The number of fused-ring (bicyclic) bond motifs is 1. The molecule has 0 amide bonds. The van der Waals surface area contributed by atoms with E-state index in [4.69, 9.17) is 37.4 Å². The molecule has 0 saturated carbocycles. The van der Waals surface area contributed by atoms with Gasteiger partial charge in [-0.05, 0) is 54.1 Å². The van der Waals surface area contributed by atoms with E-state index < -0.39 is 12.0 Å². The van der Waals surface area contributed by atoms with Crippen LogP contribution in [0.15, 0.2) is 60.3 Å². The van der Waals surface area contributed by atoms with Crippen molar-refractivity contribution in [2.24, 2.45) is 0 Å². The number of anilines is 1. The molecule has 9 nitrogen and oxygen atoms in total. The average Bonchev–Trinajstić information content (AvgIpc) is 3.30. The molecule has 182 valence electrons. The van der Waals surface area contributed by atoms with Crippen LogP contribution in [0.5, 0.6) is 11.5 Å². The molecule has 1 aromatic heterocycles. The number of halogens is 2. The Morgan fingerprint density at radius 3 is 2.77 bits per heavy atom. The minimum Gasteiger partial charge on any atom is -0.490 e. The van der Waals surface area contributed by atoms with Gasteiger partial charge in [-0.1, -0.05) is 53.1 Å². The molecule has 0 spiro atoms. The van der Waals surface area contributed by atoms with Crippen LogP contribution in [-0.4, -0.2) is 39.4 Å². The largest absolute Gasteiger partial charge is 0.490 e. The standard InChI is InChI=1S/C24H23Cl2N5O4/c1-4-10-34-23(32)21-14(3)27-24-28-29-30-31(24)22(21)15-7-9-19(20(11-15)33-5-2)35-13-16-6-8-17(25)12-18(16)26/h4,6-9,11-12,22H,1,5,10,13H2,2-3H3,(H,27,28,30). The van der Waals surface area contributed by atoms with Gasteiger partial charge in [-0.3, -0.25) is 0 Å². The molecule has 35 heavy (non-hydrogen) atoms. The zero-order valence-electron chi connectivity index (χ0n) is 19.1. The van der Waals surface area contributed by atoms with Crippen LogP contribution in [0.3, 0.4) is 0 Å². The second-order valence-corrected chi connectivity index (χ2v) is 8.41. The molecule has 2 aromatic carbocycles. The maximum Gasteiger partial charge on any atom is 0.338 e. The summed E-state index contributed by atoms with van der Waals surface area (Å²) in [6, 6.07) is 9.99. The first kappa shape index (κ1) is 24.6. The fourth-order valence-electron chi connectivity index (χ4n) is 3.67. The van der Waals surface area contributed by atoms with Gasteiger partial charge < -0.3 is 19.5 Å². The lowest BCUT2D eigenvalue weighted by Gasteiger charge is -2.27. The maximum absolute atomic E-state index is 12.9. The third kappa shape index (κ3) is 5.26. The van der Waals surface area contributed by atoms with Crippen LogP contribution < -0.4 is 14.8 Å². The van der Waals surface area contributed by atoms with Gasteiger partial charge in [0, 0.05) is 21.3 Å². The smallest absolute Gasteiger partial charge is 0.338 e. The average molecular weight is 516 g/mol. The molecule has 1 aliphatic rings. The summed E-state index contributed by atoms with van der Waals surface area (Å²) in [5.74, 6) is 0.920. The van der Waals surface area contributed by atoms with Gasteiger partial charge in [0.1, 0.15) is 19.3 Å². The summed E-state index contributed by atoms with van der Waals surface area (Å²) in [6.45, 7) is 7.95. The quantitative estimate of drug-likeness (QED) is 0.314. The predicted molar refractivity (Wildman–Crippen MR) is 132 cm³/mol. The van der Waals surface area contributed by atoms with E-state index in [0.717, 1.165) is 5.56 Å². The van der Waals surface area contributed by atoms with Crippen molar-refractivity contribution in [3.63, 3.8) is 0 Å². The molecule has 0 radical (unpaired) electrons. The first-order valence-electron chi connectivity index (χ1n) is 10.8. The lowest BCUT2D eigenvalue weighted by molar-refractivity contribution is -0.138. The highest BCUT2D eigenvalue weighted by atomic mass is 35.5. The Labute approximate surface area is 212 Å². The lowest BCUT2D eigenvalue weighted by Crippen LogP contribution is -2.29. The molecule has 0 bridgehead atoms. The van der Waals surface area contributed by atoms with Crippen LogP contribution in [0, 0.1) is 0 Å². The van der Waals surface area contributed by atoms with E-state index in [2.05, 4.69) is 27.4 Å². The molecule has 1 atom stereocenters. The number of aromatic nitrogens is 4. The van der Waals surface area contributed by atoms with Crippen LogP contribution in [0.4, 0.5) is 5.95 Å². The zero-order chi connectivity index (χ0) is 24.9. The molecule has 11 heteroatoms.